The van der Waals surface area contributed by atoms with Crippen LogP contribution in [-0.2, 0) is 6.54 Å². The van der Waals surface area contributed by atoms with Gasteiger partial charge < -0.3 is 16.0 Å². The topological polar surface area (TPSA) is 84.1 Å². The molecule has 1 amide bonds. The third kappa shape index (κ3) is 2.73. The van der Waals surface area contributed by atoms with E-state index >= 15 is 0 Å². The molecule has 3 aromatic rings. The SMILES string of the molecule is Nc1nc2ccccc2nc1-c1ccc2c(c1)CN(C1CCCNC1)C2=O. The van der Waals surface area contributed by atoms with Crippen LogP contribution in [0.25, 0.3) is 22.3 Å². The van der Waals surface area contributed by atoms with Crippen LogP contribution in [0.1, 0.15) is 28.8 Å². The highest BCUT2D eigenvalue weighted by Gasteiger charge is 2.33. The molecular formula is C21H21N5O. The Kier molecular flexibility index (Phi) is 3.79. The predicted octanol–water partition coefficient (Wildman–Crippen LogP) is 2.59. The van der Waals surface area contributed by atoms with Gasteiger partial charge in [-0.25, -0.2) is 9.97 Å². The molecule has 3 heterocycles. The van der Waals surface area contributed by atoms with Gasteiger partial charge in [0.2, 0.25) is 0 Å². The minimum Gasteiger partial charge on any atom is -0.382 e. The summed E-state index contributed by atoms with van der Waals surface area (Å²) in [7, 11) is 0. The Morgan fingerprint density at radius 1 is 1.11 bits per heavy atom. The van der Waals surface area contributed by atoms with E-state index in [1.807, 2.05) is 47.4 Å². The van der Waals surface area contributed by atoms with Crippen molar-refractivity contribution in [2.75, 3.05) is 18.8 Å². The Morgan fingerprint density at radius 2 is 1.93 bits per heavy atom. The smallest absolute Gasteiger partial charge is 0.254 e. The Hall–Kier alpha value is -2.99. The molecule has 6 nitrogen and oxygen atoms in total. The summed E-state index contributed by atoms with van der Waals surface area (Å²) in [5.41, 5.74) is 11.2. The van der Waals surface area contributed by atoms with Crippen LogP contribution in [0.2, 0.25) is 0 Å². The average molecular weight is 359 g/mol. The van der Waals surface area contributed by atoms with Crippen LogP contribution in [0.3, 0.4) is 0 Å². The molecule has 1 saturated heterocycles. The summed E-state index contributed by atoms with van der Waals surface area (Å²) in [6, 6.07) is 13.8. The van der Waals surface area contributed by atoms with Crippen LogP contribution < -0.4 is 11.1 Å². The molecule has 0 spiro atoms. The minimum absolute atomic E-state index is 0.128. The molecule has 1 aromatic heterocycles. The Balaban J connectivity index is 1.51. The highest BCUT2D eigenvalue weighted by atomic mass is 16.2. The molecule has 1 unspecified atom stereocenters. The normalized spacial score (nSPS) is 19.5. The summed E-state index contributed by atoms with van der Waals surface area (Å²) < 4.78 is 0. The number of rotatable bonds is 2. The molecule has 0 saturated carbocycles. The number of carbonyl (C=O) groups excluding carboxylic acids is 1. The van der Waals surface area contributed by atoms with Gasteiger partial charge in [0, 0.05) is 30.3 Å². The number of para-hydroxylation sites is 2. The van der Waals surface area contributed by atoms with Gasteiger partial charge in [0.15, 0.2) is 5.82 Å². The van der Waals surface area contributed by atoms with Crippen LogP contribution in [0.5, 0.6) is 0 Å². The summed E-state index contributed by atoms with van der Waals surface area (Å²) in [4.78, 5) is 24.0. The number of nitrogens with one attached hydrogen (secondary N) is 1. The quantitative estimate of drug-likeness (QED) is 0.735. The first-order valence-electron chi connectivity index (χ1n) is 9.38. The van der Waals surface area contributed by atoms with Gasteiger partial charge in [-0.15, -0.1) is 0 Å². The van der Waals surface area contributed by atoms with Crippen molar-refractivity contribution in [2.24, 2.45) is 0 Å². The molecule has 2 aliphatic heterocycles. The van der Waals surface area contributed by atoms with Gasteiger partial charge in [0.1, 0.15) is 5.69 Å². The van der Waals surface area contributed by atoms with Gasteiger partial charge in [-0.1, -0.05) is 18.2 Å². The van der Waals surface area contributed by atoms with Crippen molar-refractivity contribution in [3.05, 3.63) is 53.6 Å². The number of piperidine rings is 1. The summed E-state index contributed by atoms with van der Waals surface area (Å²) >= 11 is 0. The van der Waals surface area contributed by atoms with E-state index in [1.54, 1.807) is 0 Å². The third-order valence-electron chi connectivity index (χ3n) is 5.52. The first kappa shape index (κ1) is 16.2. The fraction of sp³-hybridized carbons (Fsp3) is 0.286. The molecule has 3 N–H and O–H groups in total. The van der Waals surface area contributed by atoms with Gasteiger partial charge in [-0.3, -0.25) is 4.79 Å². The number of nitrogens with zero attached hydrogens (tertiary/aromatic N) is 3. The molecular weight excluding hydrogens is 338 g/mol. The molecule has 0 bridgehead atoms. The molecule has 136 valence electrons. The average Bonchev–Trinajstić information content (AvgIpc) is 3.04. The second-order valence-corrected chi connectivity index (χ2v) is 7.25. The molecule has 0 aliphatic carbocycles. The molecule has 1 atom stereocenters. The second-order valence-electron chi connectivity index (χ2n) is 7.25. The number of carbonyl (C=O) groups is 1. The number of benzene rings is 2. The molecule has 1 fully saturated rings. The number of nitrogens with two attached hydrogens (primary N) is 1. The fourth-order valence-corrected chi connectivity index (χ4v) is 4.11. The minimum atomic E-state index is 0.128. The lowest BCUT2D eigenvalue weighted by Crippen LogP contribution is -2.46. The first-order valence-corrected chi connectivity index (χ1v) is 9.38. The fourth-order valence-electron chi connectivity index (χ4n) is 4.11. The highest BCUT2D eigenvalue weighted by Crippen LogP contribution is 2.32. The summed E-state index contributed by atoms with van der Waals surface area (Å²) in [6.45, 7) is 2.56. The molecule has 2 aromatic carbocycles. The highest BCUT2D eigenvalue weighted by molar-refractivity contribution is 5.99. The van der Waals surface area contributed by atoms with Crippen molar-refractivity contribution in [1.29, 1.82) is 0 Å². The van der Waals surface area contributed by atoms with Crippen LogP contribution in [0, 0.1) is 0 Å². The number of anilines is 1. The number of hydrogen-bond acceptors (Lipinski definition) is 5. The van der Waals surface area contributed by atoms with Gasteiger partial charge in [-0.05, 0) is 49.2 Å². The van der Waals surface area contributed by atoms with Gasteiger partial charge in [0.05, 0.1) is 11.0 Å². The van der Waals surface area contributed by atoms with E-state index in [-0.39, 0.29) is 11.9 Å². The Bertz CT molecular complexity index is 1040. The Morgan fingerprint density at radius 3 is 2.70 bits per heavy atom. The molecule has 5 rings (SSSR count). The van der Waals surface area contributed by atoms with E-state index in [9.17, 15) is 4.79 Å². The number of fused-ring (bicyclic) bond motifs is 2. The van der Waals surface area contributed by atoms with Crippen LogP contribution in [-0.4, -0.2) is 39.9 Å². The monoisotopic (exact) mass is 359 g/mol. The maximum Gasteiger partial charge on any atom is 0.254 e. The largest absolute Gasteiger partial charge is 0.382 e. The zero-order chi connectivity index (χ0) is 18.4. The predicted molar refractivity (Wildman–Crippen MR) is 105 cm³/mol. The maximum absolute atomic E-state index is 12.8. The summed E-state index contributed by atoms with van der Waals surface area (Å²) in [5, 5.41) is 3.39. The molecule has 6 heteroatoms. The van der Waals surface area contributed by atoms with Crippen molar-refractivity contribution >= 4 is 22.8 Å². The zero-order valence-corrected chi connectivity index (χ0v) is 15.0. The van der Waals surface area contributed by atoms with E-state index in [0.717, 1.165) is 53.7 Å². The lowest BCUT2D eigenvalue weighted by atomic mass is 10.0. The number of hydrogen-bond donors (Lipinski definition) is 2. The van der Waals surface area contributed by atoms with Crippen molar-refractivity contribution < 1.29 is 4.79 Å². The number of nitrogen functional groups attached to an aromatic ring is 1. The van der Waals surface area contributed by atoms with E-state index in [0.29, 0.717) is 18.1 Å². The van der Waals surface area contributed by atoms with Gasteiger partial charge >= 0.3 is 0 Å². The van der Waals surface area contributed by atoms with Gasteiger partial charge in [-0.2, -0.15) is 0 Å². The third-order valence-corrected chi connectivity index (χ3v) is 5.52. The van der Waals surface area contributed by atoms with E-state index in [2.05, 4.69) is 10.3 Å². The summed E-state index contributed by atoms with van der Waals surface area (Å²) in [6.07, 6.45) is 2.17. The Labute approximate surface area is 157 Å². The first-order chi connectivity index (χ1) is 13.2. The maximum atomic E-state index is 12.8. The van der Waals surface area contributed by atoms with Gasteiger partial charge in [0.25, 0.3) is 5.91 Å². The zero-order valence-electron chi connectivity index (χ0n) is 15.0. The molecule has 2 aliphatic rings. The second kappa shape index (κ2) is 6.32. The molecule has 27 heavy (non-hydrogen) atoms. The number of amides is 1. The van der Waals surface area contributed by atoms with E-state index in [1.165, 1.54) is 0 Å². The van der Waals surface area contributed by atoms with Crippen molar-refractivity contribution in [2.45, 2.75) is 25.4 Å². The van der Waals surface area contributed by atoms with Crippen molar-refractivity contribution in [3.63, 3.8) is 0 Å². The van der Waals surface area contributed by atoms with E-state index in [4.69, 9.17) is 10.7 Å². The lowest BCUT2D eigenvalue weighted by molar-refractivity contribution is 0.0674. The van der Waals surface area contributed by atoms with Crippen molar-refractivity contribution in [1.82, 2.24) is 20.2 Å². The number of aromatic nitrogens is 2. The standard InChI is InChI=1S/C21H21N5O/c22-20-19(24-17-5-1-2-6-18(17)25-20)13-7-8-16-14(10-13)12-26(21(16)27)15-4-3-9-23-11-15/h1-2,5-8,10,15,23H,3-4,9,11-12H2,(H2,22,25). The lowest BCUT2D eigenvalue weighted by Gasteiger charge is -2.31. The van der Waals surface area contributed by atoms with Crippen LogP contribution >= 0.6 is 0 Å². The van der Waals surface area contributed by atoms with E-state index < -0.39 is 0 Å². The summed E-state index contributed by atoms with van der Waals surface area (Å²) in [5.74, 6) is 0.536. The molecule has 0 radical (unpaired) electrons. The van der Waals surface area contributed by atoms with Crippen LogP contribution in [0.4, 0.5) is 5.82 Å². The van der Waals surface area contributed by atoms with Crippen LogP contribution in [0.15, 0.2) is 42.5 Å². The van der Waals surface area contributed by atoms with Crippen molar-refractivity contribution in [3.8, 4) is 11.3 Å².